The maximum absolute atomic E-state index is 12.5. The van der Waals surface area contributed by atoms with E-state index in [1.54, 1.807) is 6.07 Å². The van der Waals surface area contributed by atoms with Gasteiger partial charge in [0.05, 0.1) is 11.9 Å². The zero-order chi connectivity index (χ0) is 15.0. The Kier molecular flexibility index (Phi) is 3.65. The second-order valence-corrected chi connectivity index (χ2v) is 7.69. The molecule has 0 bridgehead atoms. The molecule has 21 heavy (non-hydrogen) atoms. The van der Waals surface area contributed by atoms with Crippen LogP contribution in [-0.2, 0) is 16.4 Å². The normalized spacial score (nSPS) is 18.7. The molecular formula is C15H20N2O3S. The number of carbonyl (C=O) groups is 1. The van der Waals surface area contributed by atoms with Crippen molar-refractivity contribution in [3.63, 3.8) is 0 Å². The first-order valence-electron chi connectivity index (χ1n) is 7.37. The highest BCUT2D eigenvalue weighted by Crippen LogP contribution is 2.31. The summed E-state index contributed by atoms with van der Waals surface area (Å²) >= 11 is 0. The van der Waals surface area contributed by atoms with Crippen LogP contribution in [0.25, 0.3) is 0 Å². The van der Waals surface area contributed by atoms with E-state index in [-0.39, 0.29) is 5.91 Å². The zero-order valence-corrected chi connectivity index (χ0v) is 13.0. The Morgan fingerprint density at radius 3 is 2.48 bits per heavy atom. The highest BCUT2D eigenvalue weighted by atomic mass is 32.2. The number of likely N-dealkylation sites (tertiary alicyclic amines) is 1. The Bertz CT molecular complexity index is 663. The molecule has 1 amide bonds. The lowest BCUT2D eigenvalue weighted by Crippen LogP contribution is -2.35. The van der Waals surface area contributed by atoms with E-state index in [1.807, 2.05) is 17.0 Å². The van der Waals surface area contributed by atoms with Gasteiger partial charge in [-0.25, -0.2) is 8.42 Å². The predicted octanol–water partition coefficient (Wildman–Crippen LogP) is 1.63. The summed E-state index contributed by atoms with van der Waals surface area (Å²) in [6, 6.07) is 5.44. The third kappa shape index (κ3) is 2.77. The summed E-state index contributed by atoms with van der Waals surface area (Å²) in [5, 5.41) is 0. The van der Waals surface area contributed by atoms with Crippen LogP contribution in [0.3, 0.4) is 0 Å². The Hall–Kier alpha value is -1.56. The van der Waals surface area contributed by atoms with Crippen molar-refractivity contribution in [2.24, 2.45) is 0 Å². The fourth-order valence-corrected chi connectivity index (χ4v) is 4.06. The molecule has 0 aliphatic carbocycles. The van der Waals surface area contributed by atoms with Crippen molar-refractivity contribution in [2.75, 3.05) is 30.2 Å². The van der Waals surface area contributed by atoms with Crippen LogP contribution in [0.2, 0.25) is 0 Å². The van der Waals surface area contributed by atoms with E-state index in [0.29, 0.717) is 24.2 Å². The minimum atomic E-state index is -3.27. The number of anilines is 1. The van der Waals surface area contributed by atoms with Gasteiger partial charge < -0.3 is 4.90 Å². The molecule has 5 nitrogen and oxygen atoms in total. The smallest absolute Gasteiger partial charge is 0.253 e. The third-order valence-electron chi connectivity index (χ3n) is 4.23. The van der Waals surface area contributed by atoms with Gasteiger partial charge in [0.15, 0.2) is 0 Å². The van der Waals surface area contributed by atoms with Crippen molar-refractivity contribution in [1.29, 1.82) is 0 Å². The van der Waals surface area contributed by atoms with Crippen LogP contribution in [0.15, 0.2) is 18.2 Å². The van der Waals surface area contributed by atoms with Crippen LogP contribution < -0.4 is 4.31 Å². The molecule has 0 radical (unpaired) electrons. The topological polar surface area (TPSA) is 57.7 Å². The second kappa shape index (κ2) is 5.33. The quantitative estimate of drug-likeness (QED) is 0.834. The van der Waals surface area contributed by atoms with Crippen LogP contribution in [0.1, 0.15) is 35.2 Å². The first kappa shape index (κ1) is 14.4. The summed E-state index contributed by atoms with van der Waals surface area (Å²) in [6.45, 7) is 2.06. The fourth-order valence-electron chi connectivity index (χ4n) is 3.11. The van der Waals surface area contributed by atoms with E-state index < -0.39 is 10.0 Å². The third-order valence-corrected chi connectivity index (χ3v) is 5.41. The van der Waals surface area contributed by atoms with Crippen LogP contribution in [0.5, 0.6) is 0 Å². The molecule has 0 saturated carbocycles. The number of carbonyl (C=O) groups excluding carboxylic acids is 1. The summed E-state index contributed by atoms with van der Waals surface area (Å²) in [7, 11) is -3.27. The highest BCUT2D eigenvalue weighted by Gasteiger charge is 2.28. The van der Waals surface area contributed by atoms with Gasteiger partial charge in [0, 0.05) is 25.2 Å². The number of fused-ring (bicyclic) bond motifs is 1. The average Bonchev–Trinajstić information content (AvgIpc) is 2.90. The number of hydrogen-bond acceptors (Lipinski definition) is 3. The first-order chi connectivity index (χ1) is 9.97. The summed E-state index contributed by atoms with van der Waals surface area (Å²) in [4.78, 5) is 14.4. The number of hydrogen-bond donors (Lipinski definition) is 0. The molecule has 0 N–H and O–H groups in total. The molecule has 1 fully saturated rings. The average molecular weight is 308 g/mol. The van der Waals surface area contributed by atoms with E-state index >= 15 is 0 Å². The number of nitrogens with zero attached hydrogens (tertiary/aromatic N) is 2. The van der Waals surface area contributed by atoms with E-state index in [0.717, 1.165) is 31.5 Å². The number of amides is 1. The Balaban J connectivity index is 1.90. The fraction of sp³-hybridized carbons (Fsp3) is 0.533. The van der Waals surface area contributed by atoms with Gasteiger partial charge in [0.1, 0.15) is 0 Å². The molecule has 1 aromatic carbocycles. The summed E-state index contributed by atoms with van der Waals surface area (Å²) < 4.78 is 25.0. The molecule has 2 aliphatic heterocycles. The first-order valence-corrected chi connectivity index (χ1v) is 9.21. The molecule has 2 heterocycles. The number of benzene rings is 1. The monoisotopic (exact) mass is 308 g/mol. The van der Waals surface area contributed by atoms with Crippen LogP contribution in [-0.4, -0.2) is 45.1 Å². The maximum Gasteiger partial charge on any atom is 0.253 e. The van der Waals surface area contributed by atoms with E-state index in [1.165, 1.54) is 17.0 Å². The van der Waals surface area contributed by atoms with Crippen molar-refractivity contribution in [2.45, 2.75) is 25.7 Å². The standard InChI is InChI=1S/C15H20N2O3S/c1-21(19,20)17-10-7-12-5-6-13(11-14(12)17)15(18)16-8-3-2-4-9-16/h5-6,11H,2-4,7-10H2,1H3. The van der Waals surface area contributed by atoms with Crippen molar-refractivity contribution in [3.8, 4) is 0 Å². The van der Waals surface area contributed by atoms with Crippen LogP contribution in [0, 0.1) is 0 Å². The van der Waals surface area contributed by atoms with Crippen molar-refractivity contribution in [1.82, 2.24) is 4.90 Å². The molecule has 1 saturated heterocycles. The van der Waals surface area contributed by atoms with E-state index in [2.05, 4.69) is 0 Å². The van der Waals surface area contributed by atoms with Crippen LogP contribution >= 0.6 is 0 Å². The summed E-state index contributed by atoms with van der Waals surface area (Å²) in [5.41, 5.74) is 2.25. The molecule has 1 aromatic rings. The van der Waals surface area contributed by atoms with Crippen LogP contribution in [0.4, 0.5) is 5.69 Å². The minimum Gasteiger partial charge on any atom is -0.339 e. The molecular weight excluding hydrogens is 288 g/mol. The molecule has 3 rings (SSSR count). The summed E-state index contributed by atoms with van der Waals surface area (Å²) in [5.74, 6) is 0.0119. The largest absolute Gasteiger partial charge is 0.339 e. The van der Waals surface area contributed by atoms with Crippen molar-refractivity contribution in [3.05, 3.63) is 29.3 Å². The van der Waals surface area contributed by atoms with E-state index in [4.69, 9.17) is 0 Å². The maximum atomic E-state index is 12.5. The molecule has 0 atom stereocenters. The van der Waals surface area contributed by atoms with Gasteiger partial charge in [0.25, 0.3) is 5.91 Å². The van der Waals surface area contributed by atoms with Gasteiger partial charge in [-0.2, -0.15) is 0 Å². The van der Waals surface area contributed by atoms with Gasteiger partial charge >= 0.3 is 0 Å². The summed E-state index contributed by atoms with van der Waals surface area (Å²) in [6.07, 6.45) is 5.19. The molecule has 0 spiro atoms. The number of sulfonamides is 1. The molecule has 6 heteroatoms. The zero-order valence-electron chi connectivity index (χ0n) is 12.2. The minimum absolute atomic E-state index is 0.0119. The predicted molar refractivity (Wildman–Crippen MR) is 82.1 cm³/mol. The molecule has 0 aromatic heterocycles. The van der Waals surface area contributed by atoms with Gasteiger partial charge in [-0.15, -0.1) is 0 Å². The van der Waals surface area contributed by atoms with E-state index in [9.17, 15) is 13.2 Å². The molecule has 2 aliphatic rings. The Labute approximate surface area is 125 Å². The lowest BCUT2D eigenvalue weighted by atomic mass is 10.1. The lowest BCUT2D eigenvalue weighted by Gasteiger charge is -2.27. The van der Waals surface area contributed by atoms with Crippen molar-refractivity contribution >= 4 is 21.6 Å². The highest BCUT2D eigenvalue weighted by molar-refractivity contribution is 7.92. The number of rotatable bonds is 2. The SMILES string of the molecule is CS(=O)(=O)N1CCc2ccc(C(=O)N3CCCCC3)cc21. The lowest BCUT2D eigenvalue weighted by molar-refractivity contribution is 0.0724. The molecule has 0 unspecified atom stereocenters. The van der Waals surface area contributed by atoms with Gasteiger partial charge in [-0.3, -0.25) is 9.10 Å². The number of piperidine rings is 1. The van der Waals surface area contributed by atoms with Gasteiger partial charge in [-0.05, 0) is 43.4 Å². The van der Waals surface area contributed by atoms with Gasteiger partial charge in [0.2, 0.25) is 10.0 Å². The second-order valence-electron chi connectivity index (χ2n) is 5.78. The Morgan fingerprint density at radius 2 is 1.81 bits per heavy atom. The van der Waals surface area contributed by atoms with Gasteiger partial charge in [-0.1, -0.05) is 6.07 Å². The van der Waals surface area contributed by atoms with Crippen molar-refractivity contribution < 1.29 is 13.2 Å². The molecule has 114 valence electrons. The Morgan fingerprint density at radius 1 is 1.10 bits per heavy atom.